The largest absolute Gasteiger partial charge is 0.325 e. The van der Waals surface area contributed by atoms with Crippen LogP contribution in [0.3, 0.4) is 0 Å². The number of anilines is 1. The summed E-state index contributed by atoms with van der Waals surface area (Å²) in [5.41, 5.74) is 4.11. The average molecular weight is 404 g/mol. The second-order valence-electron chi connectivity index (χ2n) is 5.50. The first-order valence-electron chi connectivity index (χ1n) is 7.44. The molecule has 0 aliphatic heterocycles. The highest BCUT2D eigenvalue weighted by molar-refractivity contribution is 9.10. The lowest BCUT2D eigenvalue weighted by atomic mass is 10.1. The summed E-state index contributed by atoms with van der Waals surface area (Å²) in [6, 6.07) is 9.62. The van der Waals surface area contributed by atoms with E-state index in [9.17, 15) is 10.1 Å². The van der Waals surface area contributed by atoms with Crippen LogP contribution in [0.2, 0.25) is 0 Å². The minimum absolute atomic E-state index is 0.121. The molecular formula is C18H18BrN3OS. The number of amides is 1. The Hall–Kier alpha value is -1.84. The first-order chi connectivity index (χ1) is 11.3. The monoisotopic (exact) mass is 403 g/mol. The number of pyridine rings is 1. The molecule has 0 bridgehead atoms. The summed E-state index contributed by atoms with van der Waals surface area (Å²) < 4.78 is 0.955. The third-order valence-corrected chi connectivity index (χ3v) is 5.46. The maximum atomic E-state index is 12.4. The lowest BCUT2D eigenvalue weighted by molar-refractivity contribution is -0.115. The Bertz CT molecular complexity index is 812. The van der Waals surface area contributed by atoms with Crippen LogP contribution in [0.4, 0.5) is 5.69 Å². The molecule has 1 aromatic heterocycles. The fraction of sp³-hybridized carbons (Fsp3) is 0.278. The first kappa shape index (κ1) is 18.5. The van der Waals surface area contributed by atoms with E-state index in [1.807, 2.05) is 52.0 Å². The van der Waals surface area contributed by atoms with E-state index in [-0.39, 0.29) is 11.2 Å². The summed E-state index contributed by atoms with van der Waals surface area (Å²) in [6.45, 7) is 7.60. The van der Waals surface area contributed by atoms with E-state index < -0.39 is 0 Å². The Morgan fingerprint density at radius 2 is 1.88 bits per heavy atom. The average Bonchev–Trinajstić information content (AvgIpc) is 2.55. The zero-order valence-electron chi connectivity index (χ0n) is 14.0. The lowest BCUT2D eigenvalue weighted by Crippen LogP contribution is -2.22. The smallest absolute Gasteiger partial charge is 0.237 e. The molecule has 2 aromatic rings. The molecule has 0 saturated heterocycles. The van der Waals surface area contributed by atoms with Crippen molar-refractivity contribution in [2.75, 3.05) is 5.32 Å². The number of nitrogens with zero attached hydrogens (tertiary/aromatic N) is 2. The predicted octanol–water partition coefficient (Wildman–Crippen LogP) is 4.76. The van der Waals surface area contributed by atoms with E-state index in [0.717, 1.165) is 27.0 Å². The van der Waals surface area contributed by atoms with Crippen molar-refractivity contribution in [3.8, 4) is 6.07 Å². The number of rotatable bonds is 4. The van der Waals surface area contributed by atoms with Crippen LogP contribution < -0.4 is 5.32 Å². The van der Waals surface area contributed by atoms with E-state index in [4.69, 9.17) is 0 Å². The number of halogens is 1. The van der Waals surface area contributed by atoms with Gasteiger partial charge in [-0.25, -0.2) is 4.98 Å². The van der Waals surface area contributed by atoms with Crippen molar-refractivity contribution in [3.05, 3.63) is 51.1 Å². The molecule has 1 aromatic carbocycles. The molecular weight excluding hydrogens is 386 g/mol. The van der Waals surface area contributed by atoms with Crippen LogP contribution in [0, 0.1) is 32.1 Å². The number of aryl methyl sites for hydroxylation is 1. The molecule has 1 N–H and O–H groups in total. The van der Waals surface area contributed by atoms with Crippen LogP contribution in [0.5, 0.6) is 0 Å². The zero-order chi connectivity index (χ0) is 17.9. The van der Waals surface area contributed by atoms with Crippen molar-refractivity contribution in [1.82, 2.24) is 4.98 Å². The summed E-state index contributed by atoms with van der Waals surface area (Å²) in [6.07, 6.45) is 0. The normalized spacial score (nSPS) is 11.7. The van der Waals surface area contributed by atoms with E-state index in [1.165, 1.54) is 11.8 Å². The quantitative estimate of drug-likeness (QED) is 0.747. The SMILES string of the molecule is Cc1nc(S[C@@H](C)C(=O)Nc2ccc(Br)cc2)c(C#N)c(C)c1C. The number of carbonyl (C=O) groups is 1. The Kier molecular flexibility index (Phi) is 6.03. The van der Waals surface area contributed by atoms with Crippen LogP contribution >= 0.6 is 27.7 Å². The van der Waals surface area contributed by atoms with E-state index >= 15 is 0 Å². The number of hydrogen-bond donors (Lipinski definition) is 1. The fourth-order valence-corrected chi connectivity index (χ4v) is 3.40. The highest BCUT2D eigenvalue weighted by Crippen LogP contribution is 2.29. The first-order valence-corrected chi connectivity index (χ1v) is 9.11. The molecule has 1 amide bonds. The number of thioether (sulfide) groups is 1. The Morgan fingerprint density at radius 1 is 1.25 bits per heavy atom. The van der Waals surface area contributed by atoms with Gasteiger partial charge in [0.05, 0.1) is 10.8 Å². The van der Waals surface area contributed by atoms with Crippen LogP contribution in [-0.2, 0) is 4.79 Å². The van der Waals surface area contributed by atoms with Gasteiger partial charge in [-0.05, 0) is 63.1 Å². The van der Waals surface area contributed by atoms with E-state index in [1.54, 1.807) is 0 Å². The predicted molar refractivity (Wildman–Crippen MR) is 101 cm³/mol. The second kappa shape index (κ2) is 7.82. The van der Waals surface area contributed by atoms with Crippen molar-refractivity contribution in [2.24, 2.45) is 0 Å². The summed E-state index contributed by atoms with van der Waals surface area (Å²) in [4.78, 5) is 16.9. The molecule has 0 unspecified atom stereocenters. The van der Waals surface area contributed by atoms with E-state index in [2.05, 4.69) is 32.3 Å². The highest BCUT2D eigenvalue weighted by atomic mass is 79.9. The molecule has 0 aliphatic rings. The molecule has 0 aliphatic carbocycles. The van der Waals surface area contributed by atoms with Gasteiger partial charge >= 0.3 is 0 Å². The minimum atomic E-state index is -0.366. The highest BCUT2D eigenvalue weighted by Gasteiger charge is 2.20. The van der Waals surface area contributed by atoms with Crippen molar-refractivity contribution in [3.63, 3.8) is 0 Å². The minimum Gasteiger partial charge on any atom is -0.325 e. The van der Waals surface area contributed by atoms with Gasteiger partial charge < -0.3 is 5.32 Å². The van der Waals surface area contributed by atoms with Gasteiger partial charge in [-0.2, -0.15) is 5.26 Å². The third kappa shape index (κ3) is 4.16. The van der Waals surface area contributed by atoms with E-state index in [0.29, 0.717) is 10.6 Å². The van der Waals surface area contributed by atoms with Gasteiger partial charge in [0.15, 0.2) is 0 Å². The third-order valence-electron chi connectivity index (χ3n) is 3.84. The Balaban J connectivity index is 2.17. The molecule has 0 saturated carbocycles. The summed E-state index contributed by atoms with van der Waals surface area (Å²) >= 11 is 4.67. The maximum absolute atomic E-state index is 12.4. The van der Waals surface area contributed by atoms with Crippen molar-refractivity contribution < 1.29 is 4.79 Å². The standard InChI is InChI=1S/C18H18BrN3OS/c1-10-11(2)16(9-20)18(21-12(10)3)24-13(4)17(23)22-15-7-5-14(19)6-8-15/h5-8,13H,1-4H3,(H,22,23)/t13-/m0/s1. The molecule has 0 radical (unpaired) electrons. The fourth-order valence-electron chi connectivity index (χ4n) is 2.13. The van der Waals surface area contributed by atoms with Gasteiger partial charge in [0, 0.05) is 15.9 Å². The van der Waals surface area contributed by atoms with Crippen molar-refractivity contribution >= 4 is 39.3 Å². The molecule has 1 atom stereocenters. The number of carbonyl (C=O) groups excluding carboxylic acids is 1. The summed E-state index contributed by atoms with van der Waals surface area (Å²) in [5.74, 6) is -0.121. The van der Waals surface area contributed by atoms with Crippen molar-refractivity contribution in [2.45, 2.75) is 38.0 Å². The van der Waals surface area contributed by atoms with Gasteiger partial charge in [0.2, 0.25) is 5.91 Å². The van der Waals surface area contributed by atoms with Gasteiger partial charge in [-0.1, -0.05) is 27.7 Å². The van der Waals surface area contributed by atoms with Gasteiger partial charge in [0.1, 0.15) is 11.1 Å². The van der Waals surface area contributed by atoms with Crippen LogP contribution in [-0.4, -0.2) is 16.1 Å². The number of benzene rings is 1. The molecule has 4 nitrogen and oxygen atoms in total. The number of nitrogens with one attached hydrogen (secondary N) is 1. The number of aromatic nitrogens is 1. The lowest BCUT2D eigenvalue weighted by Gasteiger charge is -2.15. The van der Waals surface area contributed by atoms with Crippen LogP contribution in [0.1, 0.15) is 29.3 Å². The molecule has 0 fully saturated rings. The van der Waals surface area contributed by atoms with Crippen LogP contribution in [0.15, 0.2) is 33.8 Å². The number of hydrogen-bond acceptors (Lipinski definition) is 4. The van der Waals surface area contributed by atoms with Gasteiger partial charge in [-0.3, -0.25) is 4.79 Å². The number of nitriles is 1. The second-order valence-corrected chi connectivity index (χ2v) is 7.74. The molecule has 2 rings (SSSR count). The molecule has 6 heteroatoms. The van der Waals surface area contributed by atoms with Crippen LogP contribution in [0.25, 0.3) is 0 Å². The Labute approximate surface area is 154 Å². The van der Waals surface area contributed by atoms with Crippen molar-refractivity contribution in [1.29, 1.82) is 5.26 Å². The summed E-state index contributed by atoms with van der Waals surface area (Å²) in [5, 5.41) is 12.5. The van der Waals surface area contributed by atoms with Gasteiger partial charge in [0.25, 0.3) is 0 Å². The molecule has 124 valence electrons. The summed E-state index contributed by atoms with van der Waals surface area (Å²) in [7, 11) is 0. The molecule has 0 spiro atoms. The maximum Gasteiger partial charge on any atom is 0.237 e. The zero-order valence-corrected chi connectivity index (χ0v) is 16.4. The molecule has 24 heavy (non-hydrogen) atoms. The topological polar surface area (TPSA) is 65.8 Å². The Morgan fingerprint density at radius 3 is 2.46 bits per heavy atom. The van der Waals surface area contributed by atoms with Gasteiger partial charge in [-0.15, -0.1) is 0 Å². The molecule has 1 heterocycles.